The number of pyridine rings is 1. The molecule has 3 aromatic rings. The van der Waals surface area contributed by atoms with E-state index >= 15 is 0 Å². The zero-order chi connectivity index (χ0) is 24.4. The van der Waals surface area contributed by atoms with Crippen LogP contribution in [0.4, 0.5) is 11.6 Å². The Labute approximate surface area is 208 Å². The van der Waals surface area contributed by atoms with Crippen LogP contribution in [-0.2, 0) is 9.47 Å². The third-order valence-corrected chi connectivity index (χ3v) is 6.43. The van der Waals surface area contributed by atoms with E-state index in [-0.39, 0.29) is 0 Å². The number of hydrogen-bond donors (Lipinski definition) is 1. The monoisotopic (exact) mass is 494 g/mol. The Morgan fingerprint density at radius 1 is 0.943 bits per heavy atom. The lowest BCUT2D eigenvalue weighted by Gasteiger charge is -2.31. The second kappa shape index (κ2) is 10.0. The Morgan fingerprint density at radius 2 is 1.57 bits per heavy atom. The molecular formula is C24H26N6O4S. The molecule has 0 radical (unpaired) electrons. The van der Waals surface area contributed by atoms with Crippen LogP contribution in [0, 0.1) is 16.1 Å². The van der Waals surface area contributed by atoms with Gasteiger partial charge in [0, 0.05) is 31.7 Å². The number of aromatic amines is 1. The molecule has 35 heavy (non-hydrogen) atoms. The molecule has 1 aromatic carbocycles. The lowest BCUT2D eigenvalue weighted by molar-refractivity contribution is 0.122. The van der Waals surface area contributed by atoms with Gasteiger partial charge in [-0.3, -0.25) is 0 Å². The van der Waals surface area contributed by atoms with Gasteiger partial charge in [0.2, 0.25) is 0 Å². The van der Waals surface area contributed by atoms with Crippen LogP contribution in [-0.4, -0.2) is 81.8 Å². The van der Waals surface area contributed by atoms with E-state index < -0.39 is 0 Å². The summed E-state index contributed by atoms with van der Waals surface area (Å²) < 4.78 is 22.5. The third kappa shape index (κ3) is 4.36. The van der Waals surface area contributed by atoms with E-state index in [1.54, 1.807) is 14.2 Å². The molecule has 0 spiro atoms. The van der Waals surface area contributed by atoms with Crippen molar-refractivity contribution in [1.29, 1.82) is 5.26 Å². The molecule has 0 amide bonds. The molecule has 0 bridgehead atoms. The van der Waals surface area contributed by atoms with E-state index in [9.17, 15) is 5.26 Å². The molecule has 1 N–H and O–H groups in total. The molecule has 182 valence electrons. The SMILES string of the molecule is COc1ccc(-c2c(C#N)c(N3CCOCC3)nc3[nH]c(=S)nc(N4CCOCC4)c23)cc1OC. The standard InChI is InChI=1S/C24H26N6O4S/c1-31-17-4-3-15(13-18(17)32-2)19-16(14-25)22(29-5-9-33-10-6-29)26-21-20(19)23(28-24(35)27-21)30-7-11-34-12-8-30/h3-4,13H,5-12H2,1-2H3,(H,26,27,28,35). The second-order valence-electron chi connectivity index (χ2n) is 8.15. The fourth-order valence-corrected chi connectivity index (χ4v) is 4.74. The van der Waals surface area contributed by atoms with Crippen LogP contribution in [0.25, 0.3) is 22.2 Å². The number of rotatable bonds is 5. The van der Waals surface area contributed by atoms with Crippen LogP contribution in [0.3, 0.4) is 0 Å². The number of fused-ring (bicyclic) bond motifs is 1. The van der Waals surface area contributed by atoms with Crippen molar-refractivity contribution in [1.82, 2.24) is 15.0 Å². The molecule has 2 saturated heterocycles. The fraction of sp³-hybridized carbons (Fsp3) is 0.417. The van der Waals surface area contributed by atoms with Crippen molar-refractivity contribution in [2.24, 2.45) is 0 Å². The highest BCUT2D eigenvalue weighted by molar-refractivity contribution is 7.71. The summed E-state index contributed by atoms with van der Waals surface area (Å²) in [5.41, 5.74) is 2.56. The Morgan fingerprint density at radius 3 is 2.17 bits per heavy atom. The van der Waals surface area contributed by atoms with Crippen LogP contribution >= 0.6 is 12.2 Å². The van der Waals surface area contributed by atoms with Crippen molar-refractivity contribution < 1.29 is 18.9 Å². The van der Waals surface area contributed by atoms with Crippen LogP contribution < -0.4 is 19.3 Å². The van der Waals surface area contributed by atoms with Crippen molar-refractivity contribution in [2.45, 2.75) is 0 Å². The highest BCUT2D eigenvalue weighted by atomic mass is 32.1. The molecule has 2 aliphatic heterocycles. The van der Waals surface area contributed by atoms with Gasteiger partial charge >= 0.3 is 0 Å². The maximum atomic E-state index is 10.4. The molecule has 10 nitrogen and oxygen atoms in total. The van der Waals surface area contributed by atoms with Gasteiger partial charge in [-0.1, -0.05) is 6.07 Å². The third-order valence-electron chi connectivity index (χ3n) is 6.24. The van der Waals surface area contributed by atoms with Gasteiger partial charge in [-0.05, 0) is 29.9 Å². The molecule has 0 atom stereocenters. The summed E-state index contributed by atoms with van der Waals surface area (Å²) in [6.07, 6.45) is 0. The molecule has 2 fully saturated rings. The van der Waals surface area contributed by atoms with Gasteiger partial charge in [-0.15, -0.1) is 0 Å². The fourth-order valence-electron chi connectivity index (χ4n) is 4.56. The van der Waals surface area contributed by atoms with Crippen molar-refractivity contribution in [3.8, 4) is 28.7 Å². The first-order valence-corrected chi connectivity index (χ1v) is 11.8. The topological polar surface area (TPSA) is 109 Å². The average molecular weight is 495 g/mol. The van der Waals surface area contributed by atoms with E-state index in [1.165, 1.54) is 0 Å². The van der Waals surface area contributed by atoms with Gasteiger partial charge in [0.05, 0.1) is 46.0 Å². The summed E-state index contributed by atoms with van der Waals surface area (Å²) in [5.74, 6) is 2.45. The average Bonchev–Trinajstić information content (AvgIpc) is 2.92. The summed E-state index contributed by atoms with van der Waals surface area (Å²) >= 11 is 5.49. The smallest absolute Gasteiger partial charge is 0.200 e. The molecule has 11 heteroatoms. The first-order chi connectivity index (χ1) is 17.1. The highest BCUT2D eigenvalue weighted by Gasteiger charge is 2.27. The molecule has 2 aliphatic rings. The Balaban J connectivity index is 1.85. The van der Waals surface area contributed by atoms with Gasteiger partial charge in [0.15, 0.2) is 16.3 Å². The predicted molar refractivity (Wildman–Crippen MR) is 134 cm³/mol. The first kappa shape index (κ1) is 23.3. The first-order valence-electron chi connectivity index (χ1n) is 11.4. The Hall–Kier alpha value is -3.46. The normalized spacial score (nSPS) is 16.3. The van der Waals surface area contributed by atoms with E-state index in [4.69, 9.17) is 41.1 Å². The molecule has 0 unspecified atom stereocenters. The number of morpholine rings is 2. The van der Waals surface area contributed by atoms with Gasteiger partial charge < -0.3 is 33.7 Å². The van der Waals surface area contributed by atoms with Gasteiger partial charge in [-0.2, -0.15) is 5.26 Å². The summed E-state index contributed by atoms with van der Waals surface area (Å²) in [6, 6.07) is 8.07. The second-order valence-corrected chi connectivity index (χ2v) is 8.54. The van der Waals surface area contributed by atoms with Crippen LogP contribution in [0.1, 0.15) is 5.56 Å². The number of nitriles is 1. The Bertz CT molecular complexity index is 1340. The molecule has 0 saturated carbocycles. The number of H-pyrrole nitrogens is 1. The lowest BCUT2D eigenvalue weighted by atomic mass is 9.96. The Kier molecular flexibility index (Phi) is 6.68. The number of ether oxygens (including phenoxy) is 4. The summed E-state index contributed by atoms with van der Waals surface area (Å²) in [7, 11) is 3.19. The zero-order valence-electron chi connectivity index (χ0n) is 19.7. The molecule has 4 heterocycles. The van der Waals surface area contributed by atoms with Gasteiger partial charge in [0.1, 0.15) is 28.9 Å². The molecule has 5 rings (SSSR count). The van der Waals surface area contributed by atoms with Crippen LogP contribution in [0.5, 0.6) is 11.5 Å². The zero-order valence-corrected chi connectivity index (χ0v) is 20.5. The lowest BCUT2D eigenvalue weighted by Crippen LogP contribution is -2.38. The largest absolute Gasteiger partial charge is 0.493 e. The molecular weight excluding hydrogens is 468 g/mol. The highest BCUT2D eigenvalue weighted by Crippen LogP contribution is 2.42. The van der Waals surface area contributed by atoms with E-state index in [2.05, 4.69) is 20.9 Å². The quantitative estimate of drug-likeness (QED) is 0.532. The minimum atomic E-state index is 0.336. The van der Waals surface area contributed by atoms with E-state index in [0.717, 1.165) is 16.5 Å². The van der Waals surface area contributed by atoms with Gasteiger partial charge in [0.25, 0.3) is 0 Å². The van der Waals surface area contributed by atoms with Crippen LogP contribution in [0.15, 0.2) is 18.2 Å². The van der Waals surface area contributed by atoms with Crippen molar-refractivity contribution in [2.75, 3.05) is 76.6 Å². The number of nitrogens with zero attached hydrogens (tertiary/aromatic N) is 5. The summed E-state index contributed by atoms with van der Waals surface area (Å²) in [4.78, 5) is 17.0. The van der Waals surface area contributed by atoms with Gasteiger partial charge in [-0.25, -0.2) is 9.97 Å². The summed E-state index contributed by atoms with van der Waals surface area (Å²) in [6.45, 7) is 4.93. The predicted octanol–water partition coefficient (Wildman–Crippen LogP) is 2.92. The van der Waals surface area contributed by atoms with Crippen molar-refractivity contribution in [3.05, 3.63) is 28.5 Å². The minimum Gasteiger partial charge on any atom is -0.493 e. The molecule has 2 aromatic heterocycles. The van der Waals surface area contributed by atoms with E-state index in [0.29, 0.717) is 91.7 Å². The number of methoxy groups -OCH3 is 2. The van der Waals surface area contributed by atoms with E-state index in [1.807, 2.05) is 18.2 Å². The molecule has 0 aliphatic carbocycles. The number of hydrogen-bond acceptors (Lipinski definition) is 10. The maximum absolute atomic E-state index is 10.4. The number of nitrogens with one attached hydrogen (secondary N) is 1. The number of benzene rings is 1. The van der Waals surface area contributed by atoms with Crippen molar-refractivity contribution >= 4 is 34.9 Å². The number of aromatic nitrogens is 3. The van der Waals surface area contributed by atoms with Crippen LogP contribution in [0.2, 0.25) is 0 Å². The summed E-state index contributed by atoms with van der Waals surface area (Å²) in [5, 5.41) is 11.2. The maximum Gasteiger partial charge on any atom is 0.200 e. The van der Waals surface area contributed by atoms with Crippen molar-refractivity contribution in [3.63, 3.8) is 0 Å². The number of anilines is 2. The minimum absolute atomic E-state index is 0.336.